The van der Waals surface area contributed by atoms with E-state index in [2.05, 4.69) is 50.7 Å². The monoisotopic (exact) mass is 492 g/mol. The Bertz CT molecular complexity index is 1430. The number of nitrogens with one attached hydrogen (secondary N) is 2. The second kappa shape index (κ2) is 8.37. The van der Waals surface area contributed by atoms with Crippen LogP contribution >= 0.6 is 22.9 Å². The number of piperazine rings is 1. The van der Waals surface area contributed by atoms with Crippen molar-refractivity contribution in [2.45, 2.75) is 13.0 Å². The summed E-state index contributed by atoms with van der Waals surface area (Å²) in [5.74, 6) is 0.870. The minimum atomic E-state index is -0.0192. The van der Waals surface area contributed by atoms with Gasteiger partial charge in [0.15, 0.2) is 0 Å². The first-order valence-electron chi connectivity index (χ1n) is 11.5. The first kappa shape index (κ1) is 21.6. The summed E-state index contributed by atoms with van der Waals surface area (Å²) in [6.07, 6.45) is 0. The molecular weight excluding hydrogens is 468 g/mol. The number of likely N-dealkylation sites (N-methyl/N-ethyl adjacent to an activating group) is 1. The van der Waals surface area contributed by atoms with Gasteiger partial charge in [-0.1, -0.05) is 11.6 Å². The lowest BCUT2D eigenvalue weighted by Gasteiger charge is -2.33. The molecule has 6 rings (SSSR count). The number of nitrogens with zero attached hydrogens (tertiary/aromatic N) is 4. The van der Waals surface area contributed by atoms with Crippen LogP contribution in [-0.4, -0.2) is 66.6 Å². The maximum Gasteiger partial charge on any atom is 0.263 e. The van der Waals surface area contributed by atoms with Gasteiger partial charge in [-0.3, -0.25) is 4.79 Å². The van der Waals surface area contributed by atoms with Gasteiger partial charge in [0.25, 0.3) is 5.91 Å². The third-order valence-corrected chi connectivity index (χ3v) is 7.94. The van der Waals surface area contributed by atoms with Crippen molar-refractivity contribution >= 4 is 61.3 Å². The Morgan fingerprint density at radius 2 is 1.91 bits per heavy atom. The van der Waals surface area contributed by atoms with Crippen LogP contribution in [0.5, 0.6) is 0 Å². The summed E-state index contributed by atoms with van der Waals surface area (Å²) < 4.78 is 1.08. The third-order valence-electron chi connectivity index (χ3n) is 6.59. The second-order valence-corrected chi connectivity index (χ2v) is 10.5. The van der Waals surface area contributed by atoms with Gasteiger partial charge >= 0.3 is 0 Å². The molecule has 2 aliphatic heterocycles. The summed E-state index contributed by atoms with van der Waals surface area (Å²) in [4.78, 5) is 27.6. The molecule has 0 unspecified atom stereocenters. The van der Waals surface area contributed by atoms with Crippen molar-refractivity contribution in [3.8, 4) is 11.3 Å². The zero-order chi connectivity index (χ0) is 23.4. The Kier molecular flexibility index (Phi) is 5.32. The zero-order valence-electron chi connectivity index (χ0n) is 19.1. The average Bonchev–Trinajstić information content (AvgIpc) is 3.15. The molecule has 1 aromatic carbocycles. The number of rotatable bonds is 2. The largest absolute Gasteiger partial charge is 0.381 e. The number of aromatic nitrogens is 2. The van der Waals surface area contributed by atoms with Crippen molar-refractivity contribution in [1.82, 2.24) is 20.2 Å². The van der Waals surface area contributed by atoms with Crippen LogP contribution in [0.25, 0.3) is 32.2 Å². The van der Waals surface area contributed by atoms with Gasteiger partial charge in [0.2, 0.25) is 0 Å². The number of anilines is 2. The molecule has 0 spiro atoms. The fourth-order valence-electron chi connectivity index (χ4n) is 4.71. The molecule has 5 heterocycles. The van der Waals surface area contributed by atoms with E-state index in [1.807, 2.05) is 25.1 Å². The summed E-state index contributed by atoms with van der Waals surface area (Å²) in [5, 5.41) is 9.10. The Labute approximate surface area is 206 Å². The Morgan fingerprint density at radius 3 is 2.74 bits per heavy atom. The van der Waals surface area contributed by atoms with E-state index in [1.165, 1.54) is 11.3 Å². The van der Waals surface area contributed by atoms with E-state index in [1.54, 1.807) is 0 Å². The number of benzene rings is 1. The van der Waals surface area contributed by atoms with Crippen molar-refractivity contribution in [2.75, 3.05) is 50.0 Å². The normalized spacial score (nSPS) is 19.1. The van der Waals surface area contributed by atoms with Crippen molar-refractivity contribution in [1.29, 1.82) is 0 Å². The maximum absolute atomic E-state index is 12.7. The van der Waals surface area contributed by atoms with Gasteiger partial charge in [-0.15, -0.1) is 11.3 Å². The lowest BCUT2D eigenvalue weighted by molar-refractivity contribution is 0.0949. The lowest BCUT2D eigenvalue weighted by Crippen LogP contribution is -2.44. The predicted molar refractivity (Wildman–Crippen MR) is 140 cm³/mol. The number of carbonyl (C=O) groups is 1. The molecule has 1 saturated heterocycles. The van der Waals surface area contributed by atoms with E-state index >= 15 is 0 Å². The summed E-state index contributed by atoms with van der Waals surface area (Å²) in [6, 6.07) is 12.2. The topological polar surface area (TPSA) is 73.4 Å². The Hall–Kier alpha value is -2.94. The third kappa shape index (κ3) is 3.76. The van der Waals surface area contributed by atoms with E-state index < -0.39 is 0 Å². The van der Waals surface area contributed by atoms with Gasteiger partial charge < -0.3 is 20.4 Å². The minimum absolute atomic E-state index is 0.0192. The molecule has 0 saturated carbocycles. The van der Waals surface area contributed by atoms with Gasteiger partial charge in [-0.25, -0.2) is 9.97 Å². The van der Waals surface area contributed by atoms with Gasteiger partial charge in [0, 0.05) is 59.8 Å². The fourth-order valence-corrected chi connectivity index (χ4v) is 6.02. The summed E-state index contributed by atoms with van der Waals surface area (Å²) >= 11 is 7.95. The molecule has 34 heavy (non-hydrogen) atoms. The first-order chi connectivity index (χ1) is 16.5. The number of hydrogen-bond acceptors (Lipinski definition) is 7. The van der Waals surface area contributed by atoms with Gasteiger partial charge in [-0.2, -0.15) is 0 Å². The molecule has 3 aromatic heterocycles. The number of hydrogen-bond donors (Lipinski definition) is 2. The molecule has 1 fully saturated rings. The second-order valence-electron chi connectivity index (χ2n) is 9.09. The molecule has 2 aliphatic rings. The van der Waals surface area contributed by atoms with Crippen LogP contribution in [0.15, 0.2) is 36.4 Å². The predicted octanol–water partition coefficient (Wildman–Crippen LogP) is 4.46. The van der Waals surface area contributed by atoms with Crippen LogP contribution in [0, 0.1) is 0 Å². The van der Waals surface area contributed by atoms with Crippen LogP contribution in [0.3, 0.4) is 0 Å². The molecule has 2 N–H and O–H groups in total. The molecule has 7 nitrogen and oxygen atoms in total. The molecule has 4 aromatic rings. The van der Waals surface area contributed by atoms with Gasteiger partial charge in [0.05, 0.1) is 16.9 Å². The van der Waals surface area contributed by atoms with Crippen molar-refractivity contribution in [3.05, 3.63) is 46.4 Å². The van der Waals surface area contributed by atoms with E-state index in [9.17, 15) is 4.79 Å². The van der Waals surface area contributed by atoms with Gasteiger partial charge in [-0.05, 0) is 50.4 Å². The molecule has 174 valence electrons. The van der Waals surface area contributed by atoms with E-state index in [-0.39, 0.29) is 11.9 Å². The number of thiophene rings is 1. The molecule has 0 aliphatic carbocycles. The molecule has 1 atom stereocenters. The number of carbonyl (C=O) groups excluding carboxylic acids is 1. The highest BCUT2D eigenvalue weighted by atomic mass is 35.5. The molecule has 0 radical (unpaired) electrons. The number of pyridine rings is 2. The van der Waals surface area contributed by atoms with Crippen LogP contribution < -0.4 is 15.5 Å². The van der Waals surface area contributed by atoms with Crippen molar-refractivity contribution in [3.63, 3.8) is 0 Å². The SMILES string of the molecule is C[C@@H]1CNc2c(sc3ccc4nc(-c5cc(Cl)nc(N6CCN(C)CC6)c5)ccc4c23)C(=O)N1. The standard InChI is InChI=1S/C25H25ClN6OS/c1-14-13-27-23-22-16-3-4-17(29-18(16)5-6-19(22)34-24(23)25(33)28-14)15-11-20(26)30-21(12-15)32-9-7-31(2)8-10-32/h3-6,11-12,14,27H,7-10,13H2,1-2H3,(H,28,33)/t14-/m1/s1. The Morgan fingerprint density at radius 1 is 1.09 bits per heavy atom. The molecule has 0 bridgehead atoms. The van der Waals surface area contributed by atoms with Crippen LogP contribution in [-0.2, 0) is 0 Å². The Balaban J connectivity index is 1.43. The highest BCUT2D eigenvalue weighted by Crippen LogP contribution is 2.41. The molecule has 9 heteroatoms. The number of amides is 1. The first-order valence-corrected chi connectivity index (χ1v) is 12.7. The summed E-state index contributed by atoms with van der Waals surface area (Å²) in [6.45, 7) is 6.56. The summed E-state index contributed by atoms with van der Waals surface area (Å²) in [5.41, 5.74) is 3.60. The van der Waals surface area contributed by atoms with E-state index in [0.29, 0.717) is 11.7 Å². The highest BCUT2D eigenvalue weighted by Gasteiger charge is 2.25. The maximum atomic E-state index is 12.7. The number of halogens is 1. The molecular formula is C25H25ClN6OS. The van der Waals surface area contributed by atoms with Gasteiger partial charge in [0.1, 0.15) is 15.8 Å². The smallest absolute Gasteiger partial charge is 0.263 e. The summed E-state index contributed by atoms with van der Waals surface area (Å²) in [7, 11) is 2.14. The van der Waals surface area contributed by atoms with Crippen molar-refractivity contribution in [2.24, 2.45) is 0 Å². The van der Waals surface area contributed by atoms with E-state index in [4.69, 9.17) is 16.6 Å². The van der Waals surface area contributed by atoms with Crippen LogP contribution in [0.1, 0.15) is 16.6 Å². The van der Waals surface area contributed by atoms with Crippen LogP contribution in [0.4, 0.5) is 11.5 Å². The molecule has 1 amide bonds. The zero-order valence-corrected chi connectivity index (χ0v) is 20.6. The quantitative estimate of drug-likeness (QED) is 0.402. The number of fused-ring (bicyclic) bond motifs is 5. The van der Waals surface area contributed by atoms with Crippen LogP contribution in [0.2, 0.25) is 5.15 Å². The minimum Gasteiger partial charge on any atom is -0.381 e. The highest BCUT2D eigenvalue weighted by molar-refractivity contribution is 7.21. The average molecular weight is 493 g/mol. The fraction of sp³-hybridized carbons (Fsp3) is 0.320. The van der Waals surface area contributed by atoms with Crippen molar-refractivity contribution < 1.29 is 4.79 Å². The lowest BCUT2D eigenvalue weighted by atomic mass is 10.1. The van der Waals surface area contributed by atoms with E-state index in [0.717, 1.165) is 74.8 Å².